The van der Waals surface area contributed by atoms with E-state index in [0.29, 0.717) is 16.9 Å². The van der Waals surface area contributed by atoms with Gasteiger partial charge in [-0.3, -0.25) is 4.79 Å². The zero-order chi connectivity index (χ0) is 22.4. The molecule has 0 saturated heterocycles. The van der Waals surface area contributed by atoms with Gasteiger partial charge in [-0.15, -0.1) is 0 Å². The predicted molar refractivity (Wildman–Crippen MR) is 122 cm³/mol. The number of nitrogens with one attached hydrogen (secondary N) is 1. The summed E-state index contributed by atoms with van der Waals surface area (Å²) in [6.45, 7) is 9.59. The molecule has 0 spiro atoms. The smallest absolute Gasteiger partial charge is 0.343 e. The number of ether oxygens (including phenoxy) is 1. The van der Waals surface area contributed by atoms with Crippen LogP contribution in [0.2, 0.25) is 0 Å². The lowest BCUT2D eigenvalue weighted by Gasteiger charge is -2.18. The summed E-state index contributed by atoms with van der Waals surface area (Å²) in [5.74, 6) is -0.416. The van der Waals surface area contributed by atoms with Crippen molar-refractivity contribution in [3.05, 3.63) is 108 Å². The molecule has 0 bridgehead atoms. The van der Waals surface area contributed by atoms with Crippen LogP contribution in [0.3, 0.4) is 0 Å². The second-order valence-corrected chi connectivity index (χ2v) is 6.91. The molecule has 0 saturated carbocycles. The van der Waals surface area contributed by atoms with E-state index < -0.39 is 5.97 Å². The van der Waals surface area contributed by atoms with Crippen molar-refractivity contribution >= 4 is 24.0 Å². The normalized spacial score (nSPS) is 11.3. The predicted octanol–water partition coefficient (Wildman–Crippen LogP) is 5.39. The first-order valence-corrected chi connectivity index (χ1v) is 9.73. The first kappa shape index (κ1) is 21.6. The molecule has 31 heavy (non-hydrogen) atoms. The van der Waals surface area contributed by atoms with Gasteiger partial charge < -0.3 is 15.2 Å². The monoisotopic (exact) mass is 413 g/mol. The summed E-state index contributed by atoms with van der Waals surface area (Å²) in [5, 5.41) is 12.3. The van der Waals surface area contributed by atoms with Crippen molar-refractivity contribution in [1.29, 1.82) is 0 Å². The van der Waals surface area contributed by atoms with E-state index >= 15 is 0 Å². The van der Waals surface area contributed by atoms with E-state index in [-0.39, 0.29) is 17.7 Å². The Kier molecular flexibility index (Phi) is 6.67. The van der Waals surface area contributed by atoms with E-state index in [1.54, 1.807) is 36.4 Å². The summed E-state index contributed by atoms with van der Waals surface area (Å²) in [4.78, 5) is 24.8. The molecule has 0 heterocycles. The number of aromatic hydroxyl groups is 1. The highest BCUT2D eigenvalue weighted by Crippen LogP contribution is 2.24. The molecular formula is C26H23NO4. The fraction of sp³-hybridized carbons (Fsp3) is 0.0769. The molecule has 5 nitrogen and oxygen atoms in total. The zero-order valence-electron chi connectivity index (χ0n) is 17.2. The molecule has 0 aliphatic rings. The van der Waals surface area contributed by atoms with Crippen LogP contribution in [0.25, 0.3) is 12.2 Å². The quantitative estimate of drug-likeness (QED) is 0.402. The molecule has 156 valence electrons. The Balaban J connectivity index is 1.68. The Morgan fingerprint density at radius 2 is 1.58 bits per heavy atom. The van der Waals surface area contributed by atoms with Gasteiger partial charge in [-0.25, -0.2) is 4.79 Å². The molecule has 0 aliphatic carbocycles. The topological polar surface area (TPSA) is 75.6 Å². The van der Waals surface area contributed by atoms with Crippen molar-refractivity contribution in [1.82, 2.24) is 5.32 Å². The van der Waals surface area contributed by atoms with Crippen LogP contribution >= 0.6 is 0 Å². The number of amides is 1. The maximum Gasteiger partial charge on any atom is 0.343 e. The molecule has 1 amide bonds. The van der Waals surface area contributed by atoms with Crippen LogP contribution in [0.5, 0.6) is 11.5 Å². The van der Waals surface area contributed by atoms with Gasteiger partial charge >= 0.3 is 5.97 Å². The molecule has 0 aliphatic heterocycles. The third kappa shape index (κ3) is 5.08. The molecule has 0 fully saturated rings. The average molecular weight is 413 g/mol. The number of carbonyl (C=O) groups excluding carboxylic acids is 2. The van der Waals surface area contributed by atoms with Crippen LogP contribution in [0.15, 0.2) is 79.9 Å². The number of rotatable bonds is 7. The number of phenols is 1. The number of esters is 1. The van der Waals surface area contributed by atoms with Crippen molar-refractivity contribution in [3.63, 3.8) is 0 Å². The molecule has 3 aromatic carbocycles. The zero-order valence-corrected chi connectivity index (χ0v) is 17.2. The van der Waals surface area contributed by atoms with Crippen LogP contribution in [-0.2, 0) is 0 Å². The molecule has 0 radical (unpaired) electrons. The van der Waals surface area contributed by atoms with Crippen LogP contribution in [0.1, 0.15) is 50.4 Å². The Labute approximate surface area is 181 Å². The van der Waals surface area contributed by atoms with Gasteiger partial charge in [0.25, 0.3) is 5.91 Å². The highest BCUT2D eigenvalue weighted by molar-refractivity contribution is 5.95. The van der Waals surface area contributed by atoms with Crippen molar-refractivity contribution in [2.45, 2.75) is 13.0 Å². The van der Waals surface area contributed by atoms with Crippen LogP contribution in [0.4, 0.5) is 0 Å². The highest BCUT2D eigenvalue weighted by atomic mass is 16.5. The lowest BCUT2D eigenvalue weighted by molar-refractivity contribution is 0.0734. The van der Waals surface area contributed by atoms with Gasteiger partial charge in [0.1, 0.15) is 11.5 Å². The summed E-state index contributed by atoms with van der Waals surface area (Å²) >= 11 is 0. The Morgan fingerprint density at radius 1 is 0.935 bits per heavy atom. The van der Waals surface area contributed by atoms with E-state index in [1.807, 2.05) is 25.1 Å². The van der Waals surface area contributed by atoms with E-state index in [2.05, 4.69) is 18.5 Å². The van der Waals surface area contributed by atoms with E-state index in [1.165, 1.54) is 24.3 Å². The number of phenolic OH excluding ortho intramolecular Hbond substituents is 1. The van der Waals surface area contributed by atoms with Gasteiger partial charge in [-0.2, -0.15) is 0 Å². The minimum atomic E-state index is -0.551. The summed E-state index contributed by atoms with van der Waals surface area (Å²) in [5.41, 5.74) is 3.58. The summed E-state index contributed by atoms with van der Waals surface area (Å²) in [7, 11) is 0. The van der Waals surface area contributed by atoms with Crippen molar-refractivity contribution in [2.24, 2.45) is 0 Å². The van der Waals surface area contributed by atoms with E-state index in [4.69, 9.17) is 4.74 Å². The molecular weight excluding hydrogens is 390 g/mol. The van der Waals surface area contributed by atoms with Crippen LogP contribution in [0, 0.1) is 0 Å². The summed E-state index contributed by atoms with van der Waals surface area (Å²) < 4.78 is 5.31. The average Bonchev–Trinajstić information content (AvgIpc) is 2.79. The maximum absolute atomic E-state index is 12.7. The largest absolute Gasteiger partial charge is 0.508 e. The highest BCUT2D eigenvalue weighted by Gasteiger charge is 2.15. The number of hydrogen-bond donors (Lipinski definition) is 2. The summed E-state index contributed by atoms with van der Waals surface area (Å²) in [6.07, 6.45) is 3.51. The van der Waals surface area contributed by atoms with Gasteiger partial charge in [0.2, 0.25) is 0 Å². The SMILES string of the molecule is C=Cc1cccc(C(C)NC(=O)c2ccc(OC(=O)c3ccc(O)cc3)cc2)c1C=C. The molecule has 3 aromatic rings. The lowest BCUT2D eigenvalue weighted by Crippen LogP contribution is -2.27. The van der Waals surface area contributed by atoms with Gasteiger partial charge in [0, 0.05) is 5.56 Å². The third-order valence-electron chi connectivity index (χ3n) is 4.84. The molecule has 1 atom stereocenters. The first-order chi connectivity index (χ1) is 14.9. The van der Waals surface area contributed by atoms with Gasteiger partial charge in [-0.05, 0) is 72.1 Å². The lowest BCUT2D eigenvalue weighted by atomic mass is 9.96. The molecule has 3 rings (SSSR count). The van der Waals surface area contributed by atoms with E-state index in [0.717, 1.165) is 16.7 Å². The minimum absolute atomic E-state index is 0.0672. The van der Waals surface area contributed by atoms with Gasteiger partial charge in [0.05, 0.1) is 11.6 Å². The van der Waals surface area contributed by atoms with Gasteiger partial charge in [-0.1, -0.05) is 43.5 Å². The third-order valence-corrected chi connectivity index (χ3v) is 4.84. The molecule has 1 unspecified atom stereocenters. The molecule has 0 aromatic heterocycles. The Hall–Kier alpha value is -4.12. The Morgan fingerprint density at radius 3 is 2.19 bits per heavy atom. The fourth-order valence-electron chi connectivity index (χ4n) is 3.19. The first-order valence-electron chi connectivity index (χ1n) is 9.73. The fourth-order valence-corrected chi connectivity index (χ4v) is 3.19. The Bertz CT molecular complexity index is 1120. The standard InChI is InChI=1S/C26H23NO4/c1-4-18-7-6-8-24(23(18)5-2)17(3)27-25(29)19-11-15-22(16-12-19)31-26(30)20-9-13-21(28)14-10-20/h4-17,28H,1-2H2,3H3,(H,27,29). The number of hydrogen-bond acceptors (Lipinski definition) is 4. The van der Waals surface area contributed by atoms with E-state index in [9.17, 15) is 14.7 Å². The molecule has 2 N–H and O–H groups in total. The minimum Gasteiger partial charge on any atom is -0.508 e. The van der Waals surface area contributed by atoms with Crippen molar-refractivity contribution in [2.75, 3.05) is 0 Å². The van der Waals surface area contributed by atoms with Crippen molar-refractivity contribution < 1.29 is 19.4 Å². The summed E-state index contributed by atoms with van der Waals surface area (Å²) in [6, 6.07) is 17.6. The van der Waals surface area contributed by atoms with Crippen molar-refractivity contribution in [3.8, 4) is 11.5 Å². The number of benzene rings is 3. The van der Waals surface area contributed by atoms with Crippen LogP contribution < -0.4 is 10.1 Å². The second-order valence-electron chi connectivity index (χ2n) is 6.91. The van der Waals surface area contributed by atoms with Crippen LogP contribution in [-0.4, -0.2) is 17.0 Å². The number of carbonyl (C=O) groups is 2. The second kappa shape index (κ2) is 9.59. The van der Waals surface area contributed by atoms with Gasteiger partial charge in [0.15, 0.2) is 0 Å². The molecule has 5 heteroatoms. The maximum atomic E-state index is 12.7.